The number of carbonyl (C=O) groups is 3. The van der Waals surface area contributed by atoms with Gasteiger partial charge in [-0.15, -0.1) is 0 Å². The van der Waals surface area contributed by atoms with Crippen molar-refractivity contribution in [3.63, 3.8) is 0 Å². The third kappa shape index (κ3) is 8.57. The van der Waals surface area contributed by atoms with Gasteiger partial charge in [-0.1, -0.05) is 91.0 Å². The van der Waals surface area contributed by atoms with Crippen molar-refractivity contribution >= 4 is 36.3 Å². The molecule has 1 unspecified atom stereocenters. The molecule has 5 aromatic carbocycles. The van der Waals surface area contributed by atoms with Gasteiger partial charge in [0.1, 0.15) is 41.1 Å². The number of nitrogens with zero attached hydrogens (tertiary/aromatic N) is 2. The van der Waals surface area contributed by atoms with E-state index in [1.807, 2.05) is 60.7 Å². The monoisotopic (exact) mass is 788 g/mol. The quantitative estimate of drug-likeness (QED) is 0.0532. The summed E-state index contributed by atoms with van der Waals surface area (Å²) >= 11 is 0. The van der Waals surface area contributed by atoms with Crippen molar-refractivity contribution < 1.29 is 46.6 Å². The molecule has 2 atom stereocenters. The maximum Gasteiger partial charge on any atom is 0.383 e. The Kier molecular flexibility index (Phi) is 11.7. The lowest BCUT2D eigenvalue weighted by Crippen LogP contribution is -2.29. The number of ether oxygens (including phenoxy) is 3. The third-order valence-corrected chi connectivity index (χ3v) is 11.0. The second-order valence-corrected chi connectivity index (χ2v) is 15.1. The molecule has 0 fully saturated rings. The van der Waals surface area contributed by atoms with Crippen molar-refractivity contribution in [1.82, 2.24) is 9.88 Å². The zero-order valence-corrected chi connectivity index (χ0v) is 32.0. The van der Waals surface area contributed by atoms with Gasteiger partial charge < -0.3 is 18.7 Å². The largest absolute Gasteiger partial charge is 0.491 e. The van der Waals surface area contributed by atoms with E-state index in [9.17, 15) is 23.3 Å². The summed E-state index contributed by atoms with van der Waals surface area (Å²) in [4.78, 5) is 47.3. The maximum atomic E-state index is 14.6. The zero-order chi connectivity index (χ0) is 39.9. The number of pyridine rings is 1. The number of para-hydroxylation sites is 1. The summed E-state index contributed by atoms with van der Waals surface area (Å²) < 4.78 is 58.0. The van der Waals surface area contributed by atoms with Gasteiger partial charge in [-0.25, -0.2) is 13.8 Å². The lowest BCUT2D eigenvalue weighted by molar-refractivity contribution is -0.150. The number of halogens is 1. The number of fused-ring (bicyclic) bond motifs is 2. The van der Waals surface area contributed by atoms with Crippen LogP contribution in [0.4, 0.5) is 4.39 Å². The minimum Gasteiger partial charge on any atom is -0.491 e. The number of hydrogen-bond donors (Lipinski definition) is 0. The Labute approximate surface area is 328 Å². The summed E-state index contributed by atoms with van der Waals surface area (Å²) in [5.74, 6) is -2.25. The molecule has 57 heavy (non-hydrogen) atoms. The Morgan fingerprint density at radius 1 is 0.789 bits per heavy atom. The summed E-state index contributed by atoms with van der Waals surface area (Å²) in [7, 11) is -4.14. The van der Waals surface area contributed by atoms with Crippen LogP contribution in [0.5, 0.6) is 17.2 Å². The van der Waals surface area contributed by atoms with Crippen molar-refractivity contribution in [1.29, 1.82) is 0 Å². The molecular weight excluding hydrogens is 750 g/mol. The van der Waals surface area contributed by atoms with Crippen LogP contribution >= 0.6 is 7.60 Å². The smallest absolute Gasteiger partial charge is 0.383 e. The Morgan fingerprint density at radius 2 is 1.39 bits per heavy atom. The molecule has 0 saturated carbocycles. The Bertz CT molecular complexity index is 2390. The lowest BCUT2D eigenvalue weighted by atomic mass is 9.99. The maximum absolute atomic E-state index is 14.6. The molecule has 0 N–H and O–H groups in total. The van der Waals surface area contributed by atoms with Gasteiger partial charge in [-0.05, 0) is 66.9 Å². The number of benzene rings is 5. The molecule has 1 aliphatic rings. The highest BCUT2D eigenvalue weighted by molar-refractivity contribution is 7.54. The molecule has 1 aromatic heterocycles. The van der Waals surface area contributed by atoms with Gasteiger partial charge in [0.25, 0.3) is 11.8 Å². The SMILES string of the molecule is CCOC(=O)[C@H](C)OP(=O)(CCOc1c2c(c(OC(c3ccccc3)c3ccccc3)c3ncccc13)C(=O)N(Cc1ccc(F)cc1)C2=O)Oc1ccccc1. The Morgan fingerprint density at radius 3 is 2.00 bits per heavy atom. The summed E-state index contributed by atoms with van der Waals surface area (Å²) in [6.07, 6.45) is -0.796. The van der Waals surface area contributed by atoms with Crippen LogP contribution in [-0.2, 0) is 25.2 Å². The first-order valence-electron chi connectivity index (χ1n) is 18.3. The van der Waals surface area contributed by atoms with E-state index < -0.39 is 43.4 Å². The number of imide groups is 1. The van der Waals surface area contributed by atoms with Gasteiger partial charge in [0, 0.05) is 11.6 Å². The topological polar surface area (TPSA) is 131 Å². The molecule has 0 spiro atoms. The molecule has 7 rings (SSSR count). The number of hydrogen-bond acceptors (Lipinski definition) is 10. The summed E-state index contributed by atoms with van der Waals surface area (Å²) in [6, 6.07) is 36.0. The van der Waals surface area contributed by atoms with Gasteiger partial charge >= 0.3 is 13.6 Å². The molecule has 6 aromatic rings. The van der Waals surface area contributed by atoms with Crippen LogP contribution in [-0.4, -0.2) is 53.1 Å². The van der Waals surface area contributed by atoms with Crippen molar-refractivity contribution in [3.8, 4) is 17.2 Å². The average molecular weight is 789 g/mol. The summed E-state index contributed by atoms with van der Waals surface area (Å²) in [6.45, 7) is 2.63. The van der Waals surface area contributed by atoms with Crippen LogP contribution in [0, 0.1) is 5.82 Å². The van der Waals surface area contributed by atoms with E-state index in [1.54, 1.807) is 49.4 Å². The predicted molar refractivity (Wildman–Crippen MR) is 210 cm³/mol. The predicted octanol–water partition coefficient (Wildman–Crippen LogP) is 8.96. The molecule has 13 heteroatoms. The fourth-order valence-corrected chi connectivity index (χ4v) is 8.03. The van der Waals surface area contributed by atoms with E-state index in [2.05, 4.69) is 4.98 Å². The van der Waals surface area contributed by atoms with E-state index in [-0.39, 0.29) is 59.8 Å². The second-order valence-electron chi connectivity index (χ2n) is 13.0. The van der Waals surface area contributed by atoms with E-state index in [0.717, 1.165) is 16.0 Å². The molecule has 0 aliphatic carbocycles. The number of aromatic nitrogens is 1. The zero-order valence-electron chi connectivity index (χ0n) is 31.1. The Hall–Kier alpha value is -6.36. The van der Waals surface area contributed by atoms with Gasteiger partial charge in [-0.3, -0.25) is 24.0 Å². The average Bonchev–Trinajstić information content (AvgIpc) is 3.47. The minimum absolute atomic E-state index is 0.00100. The molecule has 0 saturated heterocycles. The first-order valence-corrected chi connectivity index (χ1v) is 20.0. The molecule has 11 nitrogen and oxygen atoms in total. The van der Waals surface area contributed by atoms with Crippen molar-refractivity contribution in [3.05, 3.63) is 167 Å². The third-order valence-electron chi connectivity index (χ3n) is 9.12. The van der Waals surface area contributed by atoms with Crippen LogP contribution in [0.25, 0.3) is 10.9 Å². The molecule has 0 bridgehead atoms. The van der Waals surface area contributed by atoms with Gasteiger partial charge in [0.2, 0.25) is 0 Å². The van der Waals surface area contributed by atoms with E-state index in [4.69, 9.17) is 23.3 Å². The number of esters is 1. The normalized spacial score (nSPS) is 13.9. The van der Waals surface area contributed by atoms with Gasteiger partial charge in [0.15, 0.2) is 11.9 Å². The Balaban J connectivity index is 1.31. The molecule has 290 valence electrons. The molecule has 0 radical (unpaired) electrons. The second kappa shape index (κ2) is 17.2. The fourth-order valence-electron chi connectivity index (χ4n) is 6.47. The highest BCUT2D eigenvalue weighted by Crippen LogP contribution is 2.51. The number of carbonyl (C=O) groups excluding carboxylic acids is 3. The lowest BCUT2D eigenvalue weighted by Gasteiger charge is -2.24. The van der Waals surface area contributed by atoms with Gasteiger partial charge in [0.05, 0.1) is 24.9 Å². The van der Waals surface area contributed by atoms with Crippen molar-refractivity contribution in [2.75, 3.05) is 19.4 Å². The fraction of sp³-hybridized carbons (Fsp3) is 0.182. The minimum atomic E-state index is -4.14. The van der Waals surface area contributed by atoms with Crippen LogP contribution in [0.3, 0.4) is 0 Å². The van der Waals surface area contributed by atoms with Crippen LogP contribution in [0.15, 0.2) is 134 Å². The highest BCUT2D eigenvalue weighted by Gasteiger charge is 2.44. The first-order chi connectivity index (χ1) is 27.7. The molecular formula is C44H38FN2O9P. The van der Waals surface area contributed by atoms with Crippen molar-refractivity contribution in [2.45, 2.75) is 32.6 Å². The number of rotatable bonds is 16. The summed E-state index contributed by atoms with van der Waals surface area (Å²) in [5.41, 5.74) is 2.16. The van der Waals surface area contributed by atoms with Crippen LogP contribution in [0.2, 0.25) is 0 Å². The standard InChI is InChI=1S/C44H38FN2O9P/c1-3-52-44(50)29(2)55-57(51,56-34-18-11-6-12-19-34)27-26-53-40-35-20-13-25-46-38(35)41(54-39(31-14-7-4-8-15-31)32-16-9-5-10-17-32)37-36(40)42(48)47(43(37)49)28-30-21-23-33(45)24-22-30/h4-25,29,39H,3,26-28H2,1-2H3/t29-,57?/m0/s1. The number of amides is 2. The van der Waals surface area contributed by atoms with E-state index in [1.165, 1.54) is 37.4 Å². The van der Waals surface area contributed by atoms with Crippen LogP contribution < -0.4 is 14.0 Å². The molecule has 2 amide bonds. The van der Waals surface area contributed by atoms with Crippen molar-refractivity contribution in [2.24, 2.45) is 0 Å². The molecule has 2 heterocycles. The van der Waals surface area contributed by atoms with E-state index in [0.29, 0.717) is 10.9 Å². The first kappa shape index (κ1) is 38.9. The van der Waals surface area contributed by atoms with E-state index >= 15 is 0 Å². The van der Waals surface area contributed by atoms with Crippen LogP contribution in [0.1, 0.15) is 57.4 Å². The molecule has 1 aliphatic heterocycles. The highest BCUT2D eigenvalue weighted by atomic mass is 31.2. The van der Waals surface area contributed by atoms with Gasteiger partial charge in [-0.2, -0.15) is 0 Å². The summed E-state index contributed by atoms with van der Waals surface area (Å²) in [5, 5.41) is 0.343.